The molecule has 2 heterocycles. The van der Waals surface area contributed by atoms with E-state index in [1.54, 1.807) is 4.90 Å². The highest BCUT2D eigenvalue weighted by atomic mass is 16.6. The van der Waals surface area contributed by atoms with Crippen molar-refractivity contribution >= 4 is 11.8 Å². The van der Waals surface area contributed by atoms with Gasteiger partial charge in [-0.1, -0.05) is 25.1 Å². The van der Waals surface area contributed by atoms with Gasteiger partial charge in [-0.15, -0.1) is 0 Å². The Morgan fingerprint density at radius 2 is 2.05 bits per heavy atom. The van der Waals surface area contributed by atoms with Crippen molar-refractivity contribution in [1.82, 2.24) is 4.90 Å². The number of carbonyl (C=O) groups excluding carboxylic acids is 1. The number of nitrogens with zero attached hydrogens (tertiary/aromatic N) is 2. The Morgan fingerprint density at radius 1 is 1.25 bits per heavy atom. The first-order valence-electron chi connectivity index (χ1n) is 7.48. The second-order valence-electron chi connectivity index (χ2n) is 5.96. The summed E-state index contributed by atoms with van der Waals surface area (Å²) in [6, 6.07) is 9.75. The fraction of sp³-hybridized carbons (Fsp3) is 0.562. The van der Waals surface area contributed by atoms with Crippen LogP contribution >= 0.6 is 0 Å². The van der Waals surface area contributed by atoms with Crippen LogP contribution in [0.4, 0.5) is 10.5 Å². The molecule has 4 heteroatoms. The first-order chi connectivity index (χ1) is 9.72. The van der Waals surface area contributed by atoms with Crippen LogP contribution in [0, 0.1) is 5.92 Å². The van der Waals surface area contributed by atoms with E-state index >= 15 is 0 Å². The molecule has 0 spiro atoms. The van der Waals surface area contributed by atoms with Crippen LogP contribution in [0.25, 0.3) is 0 Å². The second kappa shape index (κ2) is 5.83. The van der Waals surface area contributed by atoms with E-state index in [0.29, 0.717) is 6.54 Å². The summed E-state index contributed by atoms with van der Waals surface area (Å²) in [4.78, 5) is 16.1. The Labute approximate surface area is 120 Å². The van der Waals surface area contributed by atoms with E-state index in [0.717, 1.165) is 31.2 Å². The van der Waals surface area contributed by atoms with Gasteiger partial charge in [0.25, 0.3) is 0 Å². The molecule has 2 unspecified atom stereocenters. The monoisotopic (exact) mass is 274 g/mol. The molecule has 3 rings (SSSR count). The van der Waals surface area contributed by atoms with Gasteiger partial charge < -0.3 is 4.74 Å². The quantitative estimate of drug-likeness (QED) is 0.849. The summed E-state index contributed by atoms with van der Waals surface area (Å²) in [5.41, 5.74) is 0.923. The number of likely N-dealkylation sites (tertiary alicyclic amines) is 1. The molecule has 2 atom stereocenters. The molecule has 0 saturated carbocycles. The Balaban J connectivity index is 1.59. The van der Waals surface area contributed by atoms with E-state index in [4.69, 9.17) is 4.74 Å². The normalized spacial score (nSPS) is 27.6. The molecular weight excluding hydrogens is 252 g/mol. The molecule has 0 bridgehead atoms. The third-order valence-electron chi connectivity index (χ3n) is 4.14. The van der Waals surface area contributed by atoms with Crippen molar-refractivity contribution in [2.75, 3.05) is 31.1 Å². The van der Waals surface area contributed by atoms with Crippen LogP contribution in [0.2, 0.25) is 0 Å². The predicted molar refractivity (Wildman–Crippen MR) is 78.9 cm³/mol. The van der Waals surface area contributed by atoms with Crippen molar-refractivity contribution < 1.29 is 9.53 Å². The van der Waals surface area contributed by atoms with Gasteiger partial charge in [0.1, 0.15) is 6.10 Å². The van der Waals surface area contributed by atoms with Crippen LogP contribution in [0.3, 0.4) is 0 Å². The molecule has 2 aliphatic rings. The van der Waals surface area contributed by atoms with Crippen molar-refractivity contribution in [3.8, 4) is 0 Å². The predicted octanol–water partition coefficient (Wildman–Crippen LogP) is 2.74. The van der Waals surface area contributed by atoms with Gasteiger partial charge in [0.05, 0.1) is 6.54 Å². The summed E-state index contributed by atoms with van der Waals surface area (Å²) in [5, 5.41) is 0. The average Bonchev–Trinajstić information content (AvgIpc) is 2.80. The third-order valence-corrected chi connectivity index (χ3v) is 4.14. The standard InChI is InChI=1S/C16H22N2O2/c1-13-6-5-9-17(10-13)11-15-12-18(16(19)20-15)14-7-3-2-4-8-14/h2-4,7-8,13,15H,5-6,9-12H2,1H3. The maximum atomic E-state index is 12.0. The third kappa shape index (κ3) is 2.96. The number of piperidine rings is 1. The maximum absolute atomic E-state index is 12.0. The molecule has 2 saturated heterocycles. The molecule has 1 aromatic rings. The van der Waals surface area contributed by atoms with Crippen LogP contribution in [0.15, 0.2) is 30.3 Å². The molecule has 0 aromatic heterocycles. The lowest BCUT2D eigenvalue weighted by Crippen LogP contribution is -2.40. The summed E-state index contributed by atoms with van der Waals surface area (Å²) in [7, 11) is 0. The molecule has 4 nitrogen and oxygen atoms in total. The Morgan fingerprint density at radius 3 is 2.80 bits per heavy atom. The summed E-state index contributed by atoms with van der Waals surface area (Å²) in [6.07, 6.45) is 2.35. The average molecular weight is 274 g/mol. The number of benzene rings is 1. The molecule has 2 fully saturated rings. The highest BCUT2D eigenvalue weighted by molar-refractivity contribution is 5.89. The van der Waals surface area contributed by atoms with Gasteiger partial charge in [-0.25, -0.2) is 4.79 Å². The fourth-order valence-corrected chi connectivity index (χ4v) is 3.18. The summed E-state index contributed by atoms with van der Waals surface area (Å²) < 4.78 is 5.51. The molecule has 0 N–H and O–H groups in total. The van der Waals surface area contributed by atoms with Crippen LogP contribution in [-0.2, 0) is 4.74 Å². The van der Waals surface area contributed by atoms with E-state index in [2.05, 4.69) is 11.8 Å². The highest BCUT2D eigenvalue weighted by Crippen LogP contribution is 2.23. The lowest BCUT2D eigenvalue weighted by molar-refractivity contribution is 0.0901. The minimum Gasteiger partial charge on any atom is -0.443 e. The molecule has 20 heavy (non-hydrogen) atoms. The molecule has 2 aliphatic heterocycles. The number of carbonyl (C=O) groups is 1. The Bertz CT molecular complexity index is 463. The largest absolute Gasteiger partial charge is 0.443 e. The molecule has 0 radical (unpaired) electrons. The van der Waals surface area contributed by atoms with Gasteiger partial charge in [-0.3, -0.25) is 9.80 Å². The van der Waals surface area contributed by atoms with Crippen molar-refractivity contribution in [2.45, 2.75) is 25.9 Å². The van der Waals surface area contributed by atoms with Crippen molar-refractivity contribution in [1.29, 1.82) is 0 Å². The molecule has 1 aromatic carbocycles. The topological polar surface area (TPSA) is 32.8 Å². The van der Waals surface area contributed by atoms with E-state index < -0.39 is 0 Å². The summed E-state index contributed by atoms with van der Waals surface area (Å²) >= 11 is 0. The summed E-state index contributed by atoms with van der Waals surface area (Å²) in [5.74, 6) is 0.756. The molecule has 0 aliphatic carbocycles. The van der Waals surface area contributed by atoms with Gasteiger partial charge >= 0.3 is 6.09 Å². The fourth-order valence-electron chi connectivity index (χ4n) is 3.18. The van der Waals surface area contributed by atoms with Crippen molar-refractivity contribution in [3.05, 3.63) is 30.3 Å². The summed E-state index contributed by atoms with van der Waals surface area (Å²) in [6.45, 7) is 6.07. The lowest BCUT2D eigenvalue weighted by atomic mass is 10.00. The number of anilines is 1. The van der Waals surface area contributed by atoms with Crippen LogP contribution in [0.5, 0.6) is 0 Å². The van der Waals surface area contributed by atoms with Gasteiger partial charge in [-0.2, -0.15) is 0 Å². The number of ether oxygens (including phenoxy) is 1. The molecule has 1 amide bonds. The number of cyclic esters (lactones) is 1. The number of hydrogen-bond acceptors (Lipinski definition) is 3. The molecular formula is C16H22N2O2. The first-order valence-corrected chi connectivity index (χ1v) is 7.48. The van der Waals surface area contributed by atoms with Crippen LogP contribution < -0.4 is 4.90 Å². The SMILES string of the molecule is CC1CCCN(CC2CN(c3ccccc3)C(=O)O2)C1. The van der Waals surface area contributed by atoms with Crippen molar-refractivity contribution in [2.24, 2.45) is 5.92 Å². The number of rotatable bonds is 3. The minimum absolute atomic E-state index is 0.00648. The highest BCUT2D eigenvalue weighted by Gasteiger charge is 2.33. The molecule has 108 valence electrons. The number of hydrogen-bond donors (Lipinski definition) is 0. The zero-order valence-corrected chi connectivity index (χ0v) is 12.0. The van der Waals surface area contributed by atoms with Gasteiger partial charge in [0, 0.05) is 18.8 Å². The zero-order valence-electron chi connectivity index (χ0n) is 12.0. The van der Waals surface area contributed by atoms with Gasteiger partial charge in [0.15, 0.2) is 0 Å². The Kier molecular flexibility index (Phi) is 3.92. The first kappa shape index (κ1) is 13.4. The van der Waals surface area contributed by atoms with Gasteiger partial charge in [0.2, 0.25) is 0 Å². The Hall–Kier alpha value is -1.55. The minimum atomic E-state index is -0.216. The van der Waals surface area contributed by atoms with E-state index in [9.17, 15) is 4.79 Å². The number of para-hydroxylation sites is 1. The zero-order chi connectivity index (χ0) is 13.9. The van der Waals surface area contributed by atoms with Crippen LogP contribution in [-0.4, -0.2) is 43.3 Å². The lowest BCUT2D eigenvalue weighted by Gasteiger charge is -2.31. The van der Waals surface area contributed by atoms with Crippen molar-refractivity contribution in [3.63, 3.8) is 0 Å². The number of amides is 1. The van der Waals surface area contributed by atoms with E-state index in [-0.39, 0.29) is 12.2 Å². The smallest absolute Gasteiger partial charge is 0.414 e. The second-order valence-corrected chi connectivity index (χ2v) is 5.96. The van der Waals surface area contributed by atoms with Crippen LogP contribution in [0.1, 0.15) is 19.8 Å². The maximum Gasteiger partial charge on any atom is 0.414 e. The van der Waals surface area contributed by atoms with E-state index in [1.165, 1.54) is 12.8 Å². The van der Waals surface area contributed by atoms with E-state index in [1.807, 2.05) is 30.3 Å². The van der Waals surface area contributed by atoms with Gasteiger partial charge in [-0.05, 0) is 37.4 Å².